The summed E-state index contributed by atoms with van der Waals surface area (Å²) in [5.41, 5.74) is 0. The van der Waals surface area contributed by atoms with Gasteiger partial charge in [0.05, 0.1) is 0 Å². The van der Waals surface area contributed by atoms with Gasteiger partial charge in [0.15, 0.2) is 0 Å². The summed E-state index contributed by atoms with van der Waals surface area (Å²) in [6, 6.07) is 0. The van der Waals surface area contributed by atoms with Crippen LogP contribution in [0.15, 0.2) is 0 Å². The maximum Gasteiger partial charge on any atom is 0.140 e. The third kappa shape index (κ3) is 0.128. The van der Waals surface area contributed by atoms with Crippen LogP contribution in [0, 0.1) is 47.3 Å². The smallest absolute Gasteiger partial charge is 0.140 e. The Morgan fingerprint density at radius 3 is 1.40 bits per heavy atom. The van der Waals surface area contributed by atoms with Gasteiger partial charge in [-0.1, -0.05) is 0 Å². The lowest BCUT2D eigenvalue weighted by Crippen LogP contribution is -2.81. The van der Waals surface area contributed by atoms with Gasteiger partial charge in [-0.3, -0.25) is 4.79 Å². The highest BCUT2D eigenvalue weighted by molar-refractivity contribution is 5.95. The lowest BCUT2D eigenvalue weighted by Gasteiger charge is -2.83. The minimum atomic E-state index is 0.620. The zero-order chi connectivity index (χ0) is 6.20. The van der Waals surface area contributed by atoms with Gasteiger partial charge in [-0.25, -0.2) is 0 Å². The van der Waals surface area contributed by atoms with Gasteiger partial charge in [0.25, 0.3) is 0 Å². The highest BCUT2D eigenvalue weighted by atomic mass is 16.1. The van der Waals surface area contributed by atoms with Crippen molar-refractivity contribution in [1.29, 1.82) is 0 Å². The van der Waals surface area contributed by atoms with Crippen LogP contribution in [-0.4, -0.2) is 5.78 Å². The van der Waals surface area contributed by atoms with Gasteiger partial charge in [0.2, 0.25) is 0 Å². The van der Waals surface area contributed by atoms with Crippen LogP contribution < -0.4 is 0 Å². The van der Waals surface area contributed by atoms with E-state index >= 15 is 0 Å². The quantitative estimate of drug-likeness (QED) is 0.470. The van der Waals surface area contributed by atoms with Crippen molar-refractivity contribution in [2.45, 2.75) is 0 Å². The van der Waals surface area contributed by atoms with Crippen LogP contribution in [0.1, 0.15) is 0 Å². The van der Waals surface area contributed by atoms with Crippen molar-refractivity contribution in [2.75, 3.05) is 0 Å². The number of ketones is 1. The SMILES string of the molecule is O=C1C2C3C4C1C1C2C3C41. The second-order valence-corrected chi connectivity index (χ2v) is 4.92. The number of rotatable bonds is 0. The summed E-state index contributed by atoms with van der Waals surface area (Å²) in [7, 11) is 0. The molecule has 0 radical (unpaired) electrons. The second kappa shape index (κ2) is 0.717. The summed E-state index contributed by atoms with van der Waals surface area (Å²) in [6.07, 6.45) is 0. The molecule has 4 unspecified atom stereocenters. The third-order valence-corrected chi connectivity index (χ3v) is 5.43. The van der Waals surface area contributed by atoms with E-state index in [4.69, 9.17) is 0 Å². The molecule has 0 aromatic heterocycles. The molecule has 0 saturated heterocycles. The van der Waals surface area contributed by atoms with Crippen molar-refractivity contribution in [3.63, 3.8) is 0 Å². The van der Waals surface area contributed by atoms with E-state index in [-0.39, 0.29) is 0 Å². The molecule has 1 nitrogen and oxygen atoms in total. The molecule has 0 amide bonds. The summed E-state index contributed by atoms with van der Waals surface area (Å²) in [5, 5.41) is 0. The van der Waals surface area contributed by atoms with Crippen LogP contribution in [0.3, 0.4) is 0 Å². The lowest BCUT2D eigenvalue weighted by molar-refractivity contribution is -0.379. The van der Waals surface area contributed by atoms with E-state index in [0.29, 0.717) is 17.6 Å². The molecular weight excluding hydrogens is 124 g/mol. The second-order valence-electron chi connectivity index (χ2n) is 4.92. The molecule has 0 aliphatic heterocycles. The molecule has 0 aromatic carbocycles. The van der Waals surface area contributed by atoms with Crippen molar-refractivity contribution >= 4 is 5.78 Å². The third-order valence-electron chi connectivity index (χ3n) is 5.43. The van der Waals surface area contributed by atoms with Crippen molar-refractivity contribution in [3.05, 3.63) is 0 Å². The van der Waals surface area contributed by atoms with Gasteiger partial charge in [-0.2, -0.15) is 0 Å². The molecular formula is C9H8O. The van der Waals surface area contributed by atoms with E-state index < -0.39 is 0 Å². The molecule has 6 aliphatic carbocycles. The summed E-state index contributed by atoms with van der Waals surface area (Å²) < 4.78 is 0. The topological polar surface area (TPSA) is 17.1 Å². The molecule has 50 valence electrons. The zero-order valence-corrected chi connectivity index (χ0v) is 5.53. The van der Waals surface area contributed by atoms with Crippen molar-refractivity contribution in [3.8, 4) is 0 Å². The minimum Gasteiger partial charge on any atom is -0.299 e. The number of Topliss-reactive ketones (excluding diaryl/α,β-unsaturated/α-hetero) is 1. The van der Waals surface area contributed by atoms with E-state index in [9.17, 15) is 4.79 Å². The lowest BCUT2D eigenvalue weighted by atomic mass is 9.20. The average molecular weight is 132 g/mol. The van der Waals surface area contributed by atoms with E-state index in [0.717, 1.165) is 35.5 Å². The Bertz CT molecular complexity index is 247. The Morgan fingerprint density at radius 1 is 0.700 bits per heavy atom. The minimum absolute atomic E-state index is 0.620. The molecule has 2 bridgehead atoms. The van der Waals surface area contributed by atoms with Crippen LogP contribution in [-0.2, 0) is 4.79 Å². The predicted octanol–water partition coefficient (Wildman–Crippen LogP) is 0.553. The molecule has 6 saturated carbocycles. The van der Waals surface area contributed by atoms with Crippen molar-refractivity contribution in [1.82, 2.24) is 0 Å². The first-order valence-electron chi connectivity index (χ1n) is 4.45. The van der Waals surface area contributed by atoms with Crippen molar-refractivity contribution < 1.29 is 4.79 Å². The number of carbonyl (C=O) groups excluding carboxylic acids is 1. The maximum absolute atomic E-state index is 11.5. The Hall–Kier alpha value is -0.330. The molecule has 6 aliphatic rings. The summed E-state index contributed by atoms with van der Waals surface area (Å²) in [5.74, 6) is 7.87. The summed E-state index contributed by atoms with van der Waals surface area (Å²) in [6.45, 7) is 0. The molecule has 6 fully saturated rings. The van der Waals surface area contributed by atoms with Gasteiger partial charge in [0.1, 0.15) is 5.78 Å². The molecule has 4 atom stereocenters. The molecule has 0 aromatic rings. The number of carbonyl (C=O) groups is 1. The van der Waals surface area contributed by atoms with Gasteiger partial charge >= 0.3 is 0 Å². The van der Waals surface area contributed by atoms with Crippen LogP contribution in [0.25, 0.3) is 0 Å². The first-order valence-corrected chi connectivity index (χ1v) is 4.45. The fourth-order valence-corrected chi connectivity index (χ4v) is 5.39. The molecule has 6 rings (SSSR count). The summed E-state index contributed by atoms with van der Waals surface area (Å²) >= 11 is 0. The van der Waals surface area contributed by atoms with Crippen LogP contribution >= 0.6 is 0 Å². The molecule has 0 spiro atoms. The van der Waals surface area contributed by atoms with Crippen molar-refractivity contribution in [2.24, 2.45) is 47.3 Å². The van der Waals surface area contributed by atoms with Gasteiger partial charge in [-0.05, 0) is 35.5 Å². The van der Waals surface area contributed by atoms with Crippen LogP contribution in [0.2, 0.25) is 0 Å². The highest BCUT2D eigenvalue weighted by Gasteiger charge is 2.93. The first-order chi connectivity index (χ1) is 4.91. The monoisotopic (exact) mass is 132 g/mol. The van der Waals surface area contributed by atoms with Gasteiger partial charge < -0.3 is 0 Å². The zero-order valence-electron chi connectivity index (χ0n) is 5.53. The maximum atomic E-state index is 11.5. The van der Waals surface area contributed by atoms with Crippen LogP contribution in [0.4, 0.5) is 0 Å². The van der Waals surface area contributed by atoms with Gasteiger partial charge in [0, 0.05) is 11.8 Å². The average Bonchev–Trinajstić information content (AvgIpc) is 2.15. The Morgan fingerprint density at radius 2 is 1.10 bits per heavy atom. The first kappa shape index (κ1) is 3.89. The van der Waals surface area contributed by atoms with E-state index in [1.807, 2.05) is 0 Å². The normalized spacial score (nSPS) is 90.2. The molecule has 1 heteroatoms. The highest BCUT2D eigenvalue weighted by Crippen LogP contribution is 2.93. The Balaban J connectivity index is 1.95. The van der Waals surface area contributed by atoms with Gasteiger partial charge in [-0.15, -0.1) is 0 Å². The number of hydrogen-bond acceptors (Lipinski definition) is 1. The molecule has 0 N–H and O–H groups in total. The fraction of sp³-hybridized carbons (Fsp3) is 0.889. The standard InChI is InChI=1S/C9H8O/c10-9-7-3-1-2-5(3)8(9)6(2)4(1)7/h1-8H. The fourth-order valence-electron chi connectivity index (χ4n) is 5.39. The Labute approximate surface area is 58.8 Å². The Kier molecular flexibility index (Phi) is 0.279. The molecule has 10 heavy (non-hydrogen) atoms. The van der Waals surface area contributed by atoms with E-state index in [1.54, 1.807) is 0 Å². The summed E-state index contributed by atoms with van der Waals surface area (Å²) in [4.78, 5) is 11.5. The molecule has 0 heterocycles. The largest absolute Gasteiger partial charge is 0.299 e. The van der Waals surface area contributed by atoms with Crippen LogP contribution in [0.5, 0.6) is 0 Å². The number of hydrogen-bond donors (Lipinski definition) is 0. The predicted molar refractivity (Wildman–Crippen MR) is 32.9 cm³/mol. The van der Waals surface area contributed by atoms with E-state index in [1.165, 1.54) is 0 Å². The van der Waals surface area contributed by atoms with E-state index in [2.05, 4.69) is 0 Å².